The smallest absolute Gasteiger partial charge is 0.243 e. The third-order valence-electron chi connectivity index (χ3n) is 12.9. The number of nitrogens with zero attached hydrogens (tertiary/aromatic N) is 1. The zero-order valence-electron chi connectivity index (χ0n) is 34.5. The van der Waals surface area contributed by atoms with Gasteiger partial charge in [-0.15, -0.1) is 0 Å². The highest BCUT2D eigenvalue weighted by atomic mass is 16.5. The number of carbonyl (C=O) groups excluding carboxylic acids is 7. The van der Waals surface area contributed by atoms with Crippen molar-refractivity contribution in [2.24, 2.45) is 5.92 Å². The molecule has 2 bridgehead atoms. The zero-order chi connectivity index (χ0) is 43.8. The van der Waals surface area contributed by atoms with Crippen LogP contribution in [0.5, 0.6) is 11.5 Å². The van der Waals surface area contributed by atoms with E-state index in [1.165, 1.54) is 19.8 Å². The van der Waals surface area contributed by atoms with Crippen LogP contribution in [0.1, 0.15) is 73.9 Å². The van der Waals surface area contributed by atoms with E-state index in [9.17, 15) is 43.8 Å². The second kappa shape index (κ2) is 17.3. The summed E-state index contributed by atoms with van der Waals surface area (Å²) in [6, 6.07) is 9.05. The number of hydrogen-bond acceptors (Lipinski definition) is 11. The van der Waals surface area contributed by atoms with Gasteiger partial charge >= 0.3 is 0 Å². The second-order valence-corrected chi connectivity index (χ2v) is 17.0. The molecule has 3 aliphatic carbocycles. The molecule has 1 saturated heterocycles. The van der Waals surface area contributed by atoms with Crippen LogP contribution >= 0.6 is 0 Å². The van der Waals surface area contributed by atoms with Crippen molar-refractivity contribution in [2.75, 3.05) is 57.7 Å². The molecule has 330 valence electrons. The van der Waals surface area contributed by atoms with Crippen LogP contribution in [0.3, 0.4) is 0 Å². The monoisotopic (exact) mass is 855 g/mol. The molecule has 1 aromatic heterocycles. The van der Waals surface area contributed by atoms with Crippen LogP contribution < -0.4 is 42.0 Å². The van der Waals surface area contributed by atoms with Crippen molar-refractivity contribution in [1.82, 2.24) is 41.8 Å². The lowest BCUT2D eigenvalue weighted by Gasteiger charge is -2.62. The van der Waals surface area contributed by atoms with Crippen molar-refractivity contribution in [3.05, 3.63) is 52.7 Å². The average molecular weight is 856 g/mol. The number of aromatic nitrogens is 1. The summed E-state index contributed by atoms with van der Waals surface area (Å²) in [6.45, 7) is 2.36. The standard InChI is InChI=1S/C43H53N9O10/c1-23(53)44-13-3-14-45-33(57)18-48-34(58)19-46-31(55)10-11-32(56)47-20-35(59)49-21-36(60)50-28-5-2-4-26-27-17-43(61)30-16-25-8-9-29(54)40-37(25)42(43,12-15-52(30)22-24-6-7-24)41(62-40)39(27)51-38(26)28/h2,4-5,8-9,24,30,41,51,54,61H,3,6-7,10-22H2,1H3,(H,44,53)(H,45,57)(H,46,55)(H,47,56)(H,48,58)(H,49,59)(H,50,60)/t30-,41+,42+,43-/m1/s1. The Morgan fingerprint density at radius 3 is 2.15 bits per heavy atom. The van der Waals surface area contributed by atoms with E-state index in [0.29, 0.717) is 61.6 Å². The summed E-state index contributed by atoms with van der Waals surface area (Å²) in [5.74, 6) is -2.38. The summed E-state index contributed by atoms with van der Waals surface area (Å²) < 4.78 is 6.69. The van der Waals surface area contributed by atoms with Crippen molar-refractivity contribution in [3.63, 3.8) is 0 Å². The van der Waals surface area contributed by atoms with Crippen LogP contribution in [0, 0.1) is 5.92 Å². The molecule has 0 unspecified atom stereocenters. The van der Waals surface area contributed by atoms with Gasteiger partial charge in [0.05, 0.1) is 54.1 Å². The highest BCUT2D eigenvalue weighted by Crippen LogP contribution is 2.69. The number of piperidine rings is 1. The van der Waals surface area contributed by atoms with Crippen molar-refractivity contribution in [2.45, 2.75) is 81.5 Å². The molecule has 7 amide bonds. The van der Waals surface area contributed by atoms with Gasteiger partial charge in [0.15, 0.2) is 17.6 Å². The lowest BCUT2D eigenvalue weighted by Crippen LogP contribution is -2.74. The van der Waals surface area contributed by atoms with Crippen molar-refractivity contribution in [1.29, 1.82) is 0 Å². The molecule has 2 fully saturated rings. The summed E-state index contributed by atoms with van der Waals surface area (Å²) in [5.41, 5.74) is 2.92. The lowest BCUT2D eigenvalue weighted by molar-refractivity contribution is -0.173. The number of ether oxygens (including phenoxy) is 1. The number of H-pyrrole nitrogens is 1. The fourth-order valence-corrected chi connectivity index (χ4v) is 9.83. The van der Waals surface area contributed by atoms with Crippen molar-refractivity contribution in [3.8, 4) is 11.5 Å². The highest BCUT2D eigenvalue weighted by Gasteiger charge is 2.73. The van der Waals surface area contributed by atoms with Gasteiger partial charge in [-0.25, -0.2) is 0 Å². The fraction of sp³-hybridized carbons (Fsp3) is 0.512. The van der Waals surface area contributed by atoms with Gasteiger partial charge in [0.25, 0.3) is 0 Å². The first kappa shape index (κ1) is 42.5. The molecule has 62 heavy (non-hydrogen) atoms. The third kappa shape index (κ3) is 8.25. The number of aliphatic hydroxyl groups is 1. The van der Waals surface area contributed by atoms with Gasteiger partial charge in [-0.05, 0) is 67.8 Å². The quantitative estimate of drug-likeness (QED) is 0.0722. The highest BCUT2D eigenvalue weighted by molar-refractivity contribution is 6.04. The molecule has 1 spiro atoms. The van der Waals surface area contributed by atoms with Gasteiger partial charge in [0.1, 0.15) is 0 Å². The zero-order valence-corrected chi connectivity index (χ0v) is 34.5. The van der Waals surface area contributed by atoms with E-state index >= 15 is 0 Å². The second-order valence-electron chi connectivity index (χ2n) is 17.0. The molecule has 19 nitrogen and oxygen atoms in total. The number of likely N-dealkylation sites (tertiary alicyclic amines) is 1. The molecule has 19 heteroatoms. The Morgan fingerprint density at radius 1 is 0.823 bits per heavy atom. The number of nitrogens with one attached hydrogen (secondary N) is 8. The number of para-hydroxylation sites is 1. The molecular formula is C43H53N9O10. The van der Waals surface area contributed by atoms with Gasteiger partial charge in [0, 0.05) is 62.8 Å². The number of anilines is 1. The number of phenolic OH excluding ortho intramolecular Hbond substituents is 1. The fourth-order valence-electron chi connectivity index (χ4n) is 9.83. The average Bonchev–Trinajstić information content (AvgIpc) is 3.88. The largest absolute Gasteiger partial charge is 0.504 e. The minimum atomic E-state index is -1.16. The van der Waals surface area contributed by atoms with E-state index in [0.717, 1.165) is 40.9 Å². The number of amides is 7. The minimum absolute atomic E-state index is 0.0534. The number of aromatic amines is 1. The maximum absolute atomic E-state index is 13.2. The SMILES string of the molecule is CC(=O)NCCCNC(=O)CNC(=O)CNC(=O)CCC(=O)NCC(=O)NCC(=O)Nc1cccc2c3c([nH]c12)[C@@H]1Oc2c(O)ccc4c2[C@@]12CCN(CC1CC1)[C@H](C4)[C@]2(O)C3. The number of phenols is 1. The molecule has 10 N–H and O–H groups in total. The van der Waals surface area contributed by atoms with Crippen LogP contribution in [0.2, 0.25) is 0 Å². The number of carbonyl (C=O) groups is 7. The van der Waals surface area contributed by atoms with E-state index < -0.39 is 65.7 Å². The normalized spacial score (nSPS) is 22.6. The molecule has 4 atom stereocenters. The first-order valence-electron chi connectivity index (χ1n) is 21.3. The van der Waals surface area contributed by atoms with Crippen molar-refractivity contribution >= 4 is 57.9 Å². The van der Waals surface area contributed by atoms with Gasteiger partial charge in [-0.2, -0.15) is 0 Å². The molecule has 2 aliphatic heterocycles. The summed E-state index contributed by atoms with van der Waals surface area (Å²) in [4.78, 5) is 90.8. The minimum Gasteiger partial charge on any atom is -0.504 e. The molecule has 1 saturated carbocycles. The molecule has 2 aromatic carbocycles. The Hall–Kier alpha value is -6.21. The van der Waals surface area contributed by atoms with E-state index in [4.69, 9.17) is 4.74 Å². The number of hydrogen-bond donors (Lipinski definition) is 10. The Kier molecular flexibility index (Phi) is 11.8. The van der Waals surface area contributed by atoms with E-state index in [2.05, 4.69) is 47.1 Å². The van der Waals surface area contributed by atoms with Crippen LogP contribution in [-0.4, -0.2) is 125 Å². The summed E-state index contributed by atoms with van der Waals surface area (Å²) in [5, 5.41) is 42.6. The molecule has 5 aliphatic rings. The number of benzene rings is 2. The van der Waals surface area contributed by atoms with Crippen LogP contribution in [0.4, 0.5) is 5.69 Å². The van der Waals surface area contributed by atoms with Gasteiger partial charge in [-0.1, -0.05) is 18.2 Å². The number of rotatable bonds is 18. The first-order valence-corrected chi connectivity index (χ1v) is 21.3. The van der Waals surface area contributed by atoms with Crippen molar-refractivity contribution < 1.29 is 48.5 Å². The van der Waals surface area contributed by atoms with Gasteiger partial charge < -0.3 is 57.2 Å². The summed E-state index contributed by atoms with van der Waals surface area (Å²) in [7, 11) is 0. The molecular weight excluding hydrogens is 803 g/mol. The van der Waals surface area contributed by atoms with Crippen LogP contribution in [0.25, 0.3) is 10.9 Å². The molecule has 0 radical (unpaired) electrons. The topological polar surface area (TPSA) is 272 Å². The Bertz CT molecular complexity index is 2330. The van der Waals surface area contributed by atoms with Gasteiger partial charge in [-0.3, -0.25) is 38.5 Å². The maximum Gasteiger partial charge on any atom is 0.243 e. The van der Waals surface area contributed by atoms with Crippen LogP contribution in [0.15, 0.2) is 30.3 Å². The molecule has 3 aromatic rings. The van der Waals surface area contributed by atoms with Crippen LogP contribution in [-0.2, 0) is 51.8 Å². The Morgan fingerprint density at radius 2 is 1.47 bits per heavy atom. The first-order chi connectivity index (χ1) is 29.8. The number of aromatic hydroxyl groups is 1. The molecule has 3 heterocycles. The Labute approximate surface area is 356 Å². The number of fused-ring (bicyclic) bond motifs is 4. The maximum atomic E-state index is 13.2. The van der Waals surface area contributed by atoms with E-state index in [-0.39, 0.29) is 43.6 Å². The predicted octanol–water partition coefficient (Wildman–Crippen LogP) is -0.601. The predicted molar refractivity (Wildman–Crippen MR) is 223 cm³/mol. The third-order valence-corrected chi connectivity index (χ3v) is 12.9. The Balaban J connectivity index is 0.806. The molecule has 8 rings (SSSR count). The summed E-state index contributed by atoms with van der Waals surface area (Å²) in [6.07, 6.45) is 3.55. The van der Waals surface area contributed by atoms with E-state index in [1.54, 1.807) is 12.1 Å². The summed E-state index contributed by atoms with van der Waals surface area (Å²) >= 11 is 0. The van der Waals surface area contributed by atoms with Gasteiger partial charge in [0.2, 0.25) is 41.4 Å². The lowest BCUT2D eigenvalue weighted by atomic mass is 9.49. The van der Waals surface area contributed by atoms with E-state index in [1.807, 2.05) is 18.2 Å².